The molecule has 3 aromatic rings. The lowest BCUT2D eigenvalue weighted by Gasteiger charge is -2.08. The van der Waals surface area contributed by atoms with Crippen LogP contribution >= 0.6 is 0 Å². The maximum absolute atomic E-state index is 12.1. The van der Waals surface area contributed by atoms with Crippen LogP contribution in [0.1, 0.15) is 26.5 Å². The highest BCUT2D eigenvalue weighted by atomic mass is 16.7. The summed E-state index contributed by atoms with van der Waals surface area (Å²) in [7, 11) is 0. The monoisotopic (exact) mass is 422 g/mol. The van der Waals surface area contributed by atoms with E-state index in [1.807, 2.05) is 6.07 Å². The second-order valence-electron chi connectivity index (χ2n) is 6.55. The van der Waals surface area contributed by atoms with Crippen LogP contribution in [-0.2, 0) is 16.1 Å². The van der Waals surface area contributed by atoms with E-state index >= 15 is 0 Å². The number of esters is 1. The average Bonchev–Trinajstić information content (AvgIpc) is 3.48. The molecule has 9 nitrogen and oxygen atoms in total. The van der Waals surface area contributed by atoms with Crippen molar-refractivity contribution in [3.63, 3.8) is 0 Å². The second-order valence-corrected chi connectivity index (χ2v) is 6.55. The lowest BCUT2D eigenvalue weighted by atomic mass is 10.2. The molecule has 2 N–H and O–H groups in total. The highest BCUT2D eigenvalue weighted by molar-refractivity contribution is 6.02. The van der Waals surface area contributed by atoms with Gasteiger partial charge in [-0.05, 0) is 54.1 Å². The Balaban J connectivity index is 1.22. The van der Waals surface area contributed by atoms with Crippen molar-refractivity contribution in [3.05, 3.63) is 77.7 Å². The maximum atomic E-state index is 12.1. The fraction of sp³-hybridized carbons (Fsp3) is 0.136. The van der Waals surface area contributed by atoms with Crippen LogP contribution < -0.4 is 20.1 Å². The number of rotatable bonds is 7. The van der Waals surface area contributed by atoms with E-state index in [-0.39, 0.29) is 24.7 Å². The first-order valence-corrected chi connectivity index (χ1v) is 9.36. The summed E-state index contributed by atoms with van der Waals surface area (Å²) in [6, 6.07) is 14.6. The standard InChI is InChI=1S/C22H18N2O7/c25-20(23-11-14-3-8-17-19(10-14)31-13-30-17)12-29-22(27)15-4-6-16(7-5-15)24-21(26)18-2-1-9-28-18/h1-10H,11-13H2,(H,23,25)(H,24,26). The van der Waals surface area contributed by atoms with Crippen LogP contribution in [0, 0.1) is 0 Å². The zero-order chi connectivity index (χ0) is 21.6. The Morgan fingerprint density at radius 1 is 0.968 bits per heavy atom. The van der Waals surface area contributed by atoms with E-state index in [0.717, 1.165) is 5.56 Å². The molecule has 0 aliphatic carbocycles. The SMILES string of the molecule is O=C(COC(=O)c1ccc(NC(=O)c2ccco2)cc1)NCc1ccc2c(c1)OCO2. The number of hydrogen-bond acceptors (Lipinski definition) is 7. The third kappa shape index (κ3) is 5.02. The van der Waals surface area contributed by atoms with E-state index in [2.05, 4.69) is 10.6 Å². The van der Waals surface area contributed by atoms with E-state index in [9.17, 15) is 14.4 Å². The summed E-state index contributed by atoms with van der Waals surface area (Å²) in [5.41, 5.74) is 1.56. The fourth-order valence-corrected chi connectivity index (χ4v) is 2.81. The van der Waals surface area contributed by atoms with Gasteiger partial charge in [0.15, 0.2) is 23.9 Å². The van der Waals surface area contributed by atoms with Gasteiger partial charge in [-0.3, -0.25) is 9.59 Å². The molecule has 4 rings (SSSR count). The molecule has 0 atom stereocenters. The predicted octanol–water partition coefficient (Wildman–Crippen LogP) is 2.73. The van der Waals surface area contributed by atoms with Crippen LogP contribution in [0.15, 0.2) is 65.3 Å². The minimum Gasteiger partial charge on any atom is -0.459 e. The zero-order valence-electron chi connectivity index (χ0n) is 16.3. The molecule has 2 amide bonds. The van der Waals surface area contributed by atoms with Crippen molar-refractivity contribution in [2.75, 3.05) is 18.7 Å². The molecule has 31 heavy (non-hydrogen) atoms. The van der Waals surface area contributed by atoms with Gasteiger partial charge in [0.1, 0.15) is 0 Å². The van der Waals surface area contributed by atoms with Crippen molar-refractivity contribution >= 4 is 23.5 Å². The Hall–Kier alpha value is -4.27. The summed E-state index contributed by atoms with van der Waals surface area (Å²) in [5.74, 6) is -0.0253. The number of furan rings is 1. The van der Waals surface area contributed by atoms with Gasteiger partial charge in [-0.1, -0.05) is 6.07 Å². The van der Waals surface area contributed by atoms with Crippen molar-refractivity contribution in [1.29, 1.82) is 0 Å². The number of fused-ring (bicyclic) bond motifs is 1. The number of amides is 2. The predicted molar refractivity (Wildman–Crippen MR) is 108 cm³/mol. The molecule has 9 heteroatoms. The molecule has 0 spiro atoms. The highest BCUT2D eigenvalue weighted by Crippen LogP contribution is 2.32. The van der Waals surface area contributed by atoms with E-state index in [1.54, 1.807) is 36.4 Å². The summed E-state index contributed by atoms with van der Waals surface area (Å²) in [5, 5.41) is 5.31. The van der Waals surface area contributed by atoms with Crippen molar-refractivity contribution in [1.82, 2.24) is 5.32 Å². The van der Waals surface area contributed by atoms with Gasteiger partial charge in [-0.15, -0.1) is 0 Å². The smallest absolute Gasteiger partial charge is 0.338 e. The summed E-state index contributed by atoms with van der Waals surface area (Å²) >= 11 is 0. The van der Waals surface area contributed by atoms with E-state index < -0.39 is 24.4 Å². The van der Waals surface area contributed by atoms with Gasteiger partial charge in [-0.25, -0.2) is 4.79 Å². The molecular weight excluding hydrogens is 404 g/mol. The Morgan fingerprint density at radius 3 is 2.55 bits per heavy atom. The molecule has 0 radical (unpaired) electrons. The van der Waals surface area contributed by atoms with Crippen molar-refractivity contribution in [2.24, 2.45) is 0 Å². The van der Waals surface area contributed by atoms with Crippen LogP contribution in [0.3, 0.4) is 0 Å². The topological polar surface area (TPSA) is 116 Å². The van der Waals surface area contributed by atoms with Gasteiger partial charge in [0.25, 0.3) is 11.8 Å². The van der Waals surface area contributed by atoms with Crippen molar-refractivity contribution in [3.8, 4) is 11.5 Å². The molecule has 0 unspecified atom stereocenters. The lowest BCUT2D eigenvalue weighted by molar-refractivity contribution is -0.124. The fourth-order valence-electron chi connectivity index (χ4n) is 2.81. The van der Waals surface area contributed by atoms with Gasteiger partial charge >= 0.3 is 5.97 Å². The van der Waals surface area contributed by atoms with Gasteiger partial charge in [0, 0.05) is 12.2 Å². The summed E-state index contributed by atoms with van der Waals surface area (Å²) in [4.78, 5) is 36.0. The van der Waals surface area contributed by atoms with E-state index in [1.165, 1.54) is 18.4 Å². The molecule has 1 aliphatic heterocycles. The first-order chi connectivity index (χ1) is 15.1. The Labute approximate surface area is 176 Å². The first-order valence-electron chi connectivity index (χ1n) is 9.36. The number of benzene rings is 2. The Bertz CT molecular complexity index is 1090. The molecule has 2 aromatic carbocycles. The van der Waals surface area contributed by atoms with Crippen LogP contribution in [0.25, 0.3) is 0 Å². The van der Waals surface area contributed by atoms with Crippen LogP contribution in [-0.4, -0.2) is 31.2 Å². The van der Waals surface area contributed by atoms with Crippen LogP contribution in [0.5, 0.6) is 11.5 Å². The van der Waals surface area contributed by atoms with E-state index in [4.69, 9.17) is 18.6 Å². The molecule has 0 saturated heterocycles. The third-order valence-corrected chi connectivity index (χ3v) is 4.38. The summed E-state index contributed by atoms with van der Waals surface area (Å²) in [6.07, 6.45) is 1.40. The minimum absolute atomic E-state index is 0.176. The molecule has 0 bridgehead atoms. The number of anilines is 1. The third-order valence-electron chi connectivity index (χ3n) is 4.38. The quantitative estimate of drug-likeness (QED) is 0.563. The number of ether oxygens (including phenoxy) is 3. The molecule has 0 saturated carbocycles. The average molecular weight is 422 g/mol. The van der Waals surface area contributed by atoms with Gasteiger partial charge < -0.3 is 29.3 Å². The minimum atomic E-state index is -0.651. The molecule has 2 heterocycles. The van der Waals surface area contributed by atoms with Crippen LogP contribution in [0.2, 0.25) is 0 Å². The molecular formula is C22H18N2O7. The molecule has 158 valence electrons. The summed E-state index contributed by atoms with van der Waals surface area (Å²) in [6.45, 7) is 0.0237. The molecule has 1 aromatic heterocycles. The van der Waals surface area contributed by atoms with Crippen molar-refractivity contribution < 1.29 is 33.0 Å². The second kappa shape index (κ2) is 9.04. The lowest BCUT2D eigenvalue weighted by Crippen LogP contribution is -2.28. The molecule has 1 aliphatic rings. The van der Waals surface area contributed by atoms with Gasteiger partial charge in [0.05, 0.1) is 11.8 Å². The highest BCUT2D eigenvalue weighted by Gasteiger charge is 2.15. The number of carbonyl (C=O) groups excluding carboxylic acids is 3. The van der Waals surface area contributed by atoms with E-state index in [0.29, 0.717) is 17.2 Å². The van der Waals surface area contributed by atoms with Crippen molar-refractivity contribution in [2.45, 2.75) is 6.54 Å². The number of carbonyl (C=O) groups is 3. The Kier molecular flexibility index (Phi) is 5.84. The normalized spacial score (nSPS) is 11.6. The maximum Gasteiger partial charge on any atom is 0.338 e. The van der Waals surface area contributed by atoms with Gasteiger partial charge in [-0.2, -0.15) is 0 Å². The van der Waals surface area contributed by atoms with Gasteiger partial charge in [0.2, 0.25) is 6.79 Å². The van der Waals surface area contributed by atoms with Crippen LogP contribution in [0.4, 0.5) is 5.69 Å². The molecule has 0 fully saturated rings. The zero-order valence-corrected chi connectivity index (χ0v) is 16.3. The largest absolute Gasteiger partial charge is 0.459 e. The number of hydrogen-bond donors (Lipinski definition) is 2. The first kappa shape index (κ1) is 20.0. The Morgan fingerprint density at radius 2 is 1.77 bits per heavy atom. The number of nitrogens with one attached hydrogen (secondary N) is 2. The summed E-state index contributed by atoms with van der Waals surface area (Å²) < 4.78 is 20.6.